The Balaban J connectivity index is 1.49. The molecule has 37 heavy (non-hydrogen) atoms. The second kappa shape index (κ2) is 8.98. The fourth-order valence-corrected chi connectivity index (χ4v) is 6.53. The van der Waals surface area contributed by atoms with Gasteiger partial charge in [-0.25, -0.2) is 8.42 Å². The van der Waals surface area contributed by atoms with Crippen molar-refractivity contribution in [1.29, 1.82) is 0 Å². The maximum Gasteiger partial charge on any atom is 0.421 e. The van der Waals surface area contributed by atoms with E-state index in [4.69, 9.17) is 0 Å². The van der Waals surface area contributed by atoms with Crippen molar-refractivity contribution >= 4 is 21.6 Å². The lowest BCUT2D eigenvalue weighted by Crippen LogP contribution is -2.46. The van der Waals surface area contributed by atoms with Gasteiger partial charge in [-0.15, -0.1) is 0 Å². The lowest BCUT2D eigenvalue weighted by Gasteiger charge is -2.37. The molecular formula is C24H24F6N2O4S. The molecule has 202 valence electrons. The Labute approximate surface area is 209 Å². The van der Waals surface area contributed by atoms with Crippen LogP contribution in [-0.2, 0) is 26.6 Å². The number of hydrogen-bond acceptors (Lipinski definition) is 4. The van der Waals surface area contributed by atoms with Crippen molar-refractivity contribution in [1.82, 2.24) is 4.31 Å². The number of alkyl halides is 6. The lowest BCUT2D eigenvalue weighted by molar-refractivity contribution is -0.258. The molecule has 2 aromatic carbocycles. The van der Waals surface area contributed by atoms with Crippen LogP contribution in [0.4, 0.5) is 32.0 Å². The van der Waals surface area contributed by atoms with Gasteiger partial charge in [0.2, 0.25) is 15.9 Å². The highest BCUT2D eigenvalue weighted by molar-refractivity contribution is 7.89. The van der Waals surface area contributed by atoms with E-state index in [2.05, 4.69) is 0 Å². The highest BCUT2D eigenvalue weighted by Crippen LogP contribution is 2.45. The minimum Gasteiger partial charge on any atom is -0.376 e. The highest BCUT2D eigenvalue weighted by atomic mass is 32.2. The van der Waals surface area contributed by atoms with Gasteiger partial charge in [0.25, 0.3) is 0 Å². The Hall–Kier alpha value is -2.64. The third-order valence-corrected chi connectivity index (χ3v) is 9.25. The van der Waals surface area contributed by atoms with E-state index in [0.29, 0.717) is 25.1 Å². The van der Waals surface area contributed by atoms with Gasteiger partial charge in [-0.3, -0.25) is 4.79 Å². The molecule has 0 saturated carbocycles. The molecule has 1 N–H and O–H groups in total. The molecular weight excluding hydrogens is 526 g/mol. The molecule has 6 nitrogen and oxygen atoms in total. The van der Waals surface area contributed by atoms with Gasteiger partial charge in [-0.2, -0.15) is 30.6 Å². The van der Waals surface area contributed by atoms with Crippen molar-refractivity contribution in [3.05, 3.63) is 59.7 Å². The number of halogens is 6. The number of anilines is 1. The number of benzene rings is 2. The minimum atomic E-state index is -4.89. The summed E-state index contributed by atoms with van der Waals surface area (Å²) in [6.07, 6.45) is -9.20. The normalized spacial score (nSPS) is 20.9. The van der Waals surface area contributed by atoms with Crippen LogP contribution in [0.5, 0.6) is 0 Å². The third kappa shape index (κ3) is 4.72. The van der Waals surface area contributed by atoms with Crippen LogP contribution in [0.25, 0.3) is 0 Å². The summed E-state index contributed by atoms with van der Waals surface area (Å²) in [7, 11) is -4.46. The summed E-state index contributed by atoms with van der Waals surface area (Å²) in [6.45, 7) is 0.577. The molecule has 0 aromatic heterocycles. The molecule has 0 aliphatic carbocycles. The summed E-state index contributed by atoms with van der Waals surface area (Å²) in [4.78, 5) is 13.9. The standard InChI is InChI=1S/C24H24F6N2O4S/c1-21(34,24(28,29)30)16-6-8-17(9-7-16)32-15-12-22(20(32)33)10-13-31(14-11-22)37(35,36)19-5-3-2-4-18(19)23(25,26)27/h2-9,34H,10-15H2,1H3. The van der Waals surface area contributed by atoms with Crippen LogP contribution in [0, 0.1) is 5.41 Å². The number of hydrogen-bond donors (Lipinski definition) is 1. The van der Waals surface area contributed by atoms with Gasteiger partial charge in [0.05, 0.1) is 15.9 Å². The summed E-state index contributed by atoms with van der Waals surface area (Å²) in [5, 5.41) is 9.84. The van der Waals surface area contributed by atoms with Crippen LogP contribution in [0.2, 0.25) is 0 Å². The Bertz CT molecular complexity index is 1280. The number of amides is 1. The van der Waals surface area contributed by atoms with Crippen LogP contribution in [0.1, 0.15) is 37.3 Å². The molecule has 1 amide bonds. The fourth-order valence-electron chi connectivity index (χ4n) is 4.88. The molecule has 1 spiro atoms. The number of nitrogens with zero attached hydrogens (tertiary/aromatic N) is 2. The molecule has 1 atom stereocenters. The van der Waals surface area contributed by atoms with Crippen molar-refractivity contribution in [3.8, 4) is 0 Å². The first kappa shape index (κ1) is 27.4. The molecule has 0 radical (unpaired) electrons. The molecule has 0 bridgehead atoms. The molecule has 2 aromatic rings. The van der Waals surface area contributed by atoms with Crippen LogP contribution in [0.15, 0.2) is 53.4 Å². The highest BCUT2D eigenvalue weighted by Gasteiger charge is 2.52. The zero-order chi connectivity index (χ0) is 27.4. The smallest absolute Gasteiger partial charge is 0.376 e. The van der Waals surface area contributed by atoms with E-state index in [1.54, 1.807) is 0 Å². The Morgan fingerprint density at radius 2 is 1.41 bits per heavy atom. The third-order valence-electron chi connectivity index (χ3n) is 7.30. The zero-order valence-electron chi connectivity index (χ0n) is 19.6. The van der Waals surface area contributed by atoms with E-state index in [1.165, 1.54) is 23.1 Å². The maximum absolute atomic E-state index is 13.4. The lowest BCUT2D eigenvalue weighted by atomic mass is 9.77. The van der Waals surface area contributed by atoms with E-state index in [0.717, 1.165) is 28.6 Å². The number of sulfonamides is 1. The Morgan fingerprint density at radius 3 is 1.95 bits per heavy atom. The molecule has 2 saturated heterocycles. The van der Waals surface area contributed by atoms with E-state index < -0.39 is 43.9 Å². The number of carbonyl (C=O) groups excluding carboxylic acids is 1. The summed E-state index contributed by atoms with van der Waals surface area (Å²) in [5.74, 6) is -0.324. The van der Waals surface area contributed by atoms with E-state index in [1.807, 2.05) is 0 Å². The average Bonchev–Trinajstić information content (AvgIpc) is 3.13. The van der Waals surface area contributed by atoms with Gasteiger partial charge >= 0.3 is 12.4 Å². The monoisotopic (exact) mass is 550 g/mol. The number of aliphatic hydroxyl groups is 1. The van der Waals surface area contributed by atoms with Gasteiger partial charge in [0.1, 0.15) is 0 Å². The van der Waals surface area contributed by atoms with Crippen molar-refractivity contribution in [2.24, 2.45) is 5.41 Å². The molecule has 2 fully saturated rings. The minimum absolute atomic E-state index is 0.0939. The van der Waals surface area contributed by atoms with Crippen LogP contribution in [-0.4, -0.2) is 49.5 Å². The molecule has 4 rings (SSSR count). The number of piperidine rings is 1. The van der Waals surface area contributed by atoms with Crippen LogP contribution < -0.4 is 4.90 Å². The maximum atomic E-state index is 13.4. The molecule has 2 aliphatic heterocycles. The second-order valence-electron chi connectivity index (χ2n) is 9.50. The SMILES string of the molecule is CC(O)(c1ccc(N2CCC3(CCN(S(=O)(=O)c4ccccc4C(F)(F)F)CC3)C2=O)cc1)C(F)(F)F. The van der Waals surface area contributed by atoms with E-state index in [-0.39, 0.29) is 43.9 Å². The quantitative estimate of drug-likeness (QED) is 0.561. The van der Waals surface area contributed by atoms with Crippen molar-refractivity contribution in [2.45, 2.75) is 49.0 Å². The van der Waals surface area contributed by atoms with E-state index in [9.17, 15) is 44.7 Å². The number of rotatable bonds is 4. The summed E-state index contributed by atoms with van der Waals surface area (Å²) >= 11 is 0. The molecule has 2 aliphatic rings. The molecule has 2 heterocycles. The van der Waals surface area contributed by atoms with Crippen molar-refractivity contribution in [3.63, 3.8) is 0 Å². The van der Waals surface area contributed by atoms with Crippen molar-refractivity contribution < 1.29 is 44.7 Å². The van der Waals surface area contributed by atoms with Gasteiger partial charge in [0.15, 0.2) is 5.60 Å². The van der Waals surface area contributed by atoms with E-state index >= 15 is 0 Å². The predicted octanol–water partition coefficient (Wildman–Crippen LogP) is 4.68. The number of carbonyl (C=O) groups is 1. The summed E-state index contributed by atoms with van der Waals surface area (Å²) < 4.78 is 107. The molecule has 13 heteroatoms. The Morgan fingerprint density at radius 1 is 0.865 bits per heavy atom. The Kier molecular flexibility index (Phi) is 6.65. The predicted molar refractivity (Wildman–Crippen MR) is 121 cm³/mol. The first-order valence-corrected chi connectivity index (χ1v) is 12.8. The van der Waals surface area contributed by atoms with Crippen molar-refractivity contribution in [2.75, 3.05) is 24.5 Å². The zero-order valence-corrected chi connectivity index (χ0v) is 20.4. The topological polar surface area (TPSA) is 77.9 Å². The summed E-state index contributed by atoms with van der Waals surface area (Å²) in [5.41, 5.74) is -5.30. The first-order chi connectivity index (χ1) is 17.0. The summed E-state index contributed by atoms with van der Waals surface area (Å²) in [6, 6.07) is 8.73. The molecule has 1 unspecified atom stereocenters. The fraction of sp³-hybridized carbons (Fsp3) is 0.458. The van der Waals surface area contributed by atoms with Gasteiger partial charge in [-0.05, 0) is 56.0 Å². The second-order valence-corrected chi connectivity index (χ2v) is 11.4. The van der Waals surface area contributed by atoms with Gasteiger partial charge < -0.3 is 10.0 Å². The van der Waals surface area contributed by atoms with Crippen LogP contribution >= 0.6 is 0 Å². The average molecular weight is 551 g/mol. The van der Waals surface area contributed by atoms with Crippen LogP contribution in [0.3, 0.4) is 0 Å². The largest absolute Gasteiger partial charge is 0.421 e. The first-order valence-electron chi connectivity index (χ1n) is 11.4. The van der Waals surface area contributed by atoms with Gasteiger partial charge in [-0.1, -0.05) is 24.3 Å². The van der Waals surface area contributed by atoms with Gasteiger partial charge in [0, 0.05) is 25.3 Å².